The Kier molecular flexibility index (Phi) is 10.8. The van der Waals surface area contributed by atoms with Crippen LogP contribution in [0.25, 0.3) is 0 Å². The molecule has 0 aliphatic carbocycles. The van der Waals surface area contributed by atoms with E-state index in [1.165, 1.54) is 17.0 Å². The van der Waals surface area contributed by atoms with E-state index < -0.39 is 28.5 Å². The van der Waals surface area contributed by atoms with Gasteiger partial charge in [0, 0.05) is 18.1 Å². The zero-order chi connectivity index (χ0) is 28.6. The Morgan fingerprint density at radius 2 is 1.59 bits per heavy atom. The number of aryl methyl sites for hydroxylation is 1. The van der Waals surface area contributed by atoms with E-state index in [0.29, 0.717) is 11.6 Å². The van der Waals surface area contributed by atoms with Crippen LogP contribution < -0.4 is 9.62 Å². The van der Waals surface area contributed by atoms with Crippen molar-refractivity contribution in [1.82, 2.24) is 10.2 Å². The first-order chi connectivity index (χ1) is 18.5. The summed E-state index contributed by atoms with van der Waals surface area (Å²) in [5.41, 5.74) is 1.80. The molecular weight excluding hydrogens is 557 g/mol. The fraction of sp³-hybridized carbons (Fsp3) is 0.310. The third kappa shape index (κ3) is 7.97. The fourth-order valence-electron chi connectivity index (χ4n) is 3.91. The first-order valence-corrected chi connectivity index (χ1v) is 14.9. The van der Waals surface area contributed by atoms with E-state index >= 15 is 0 Å². The highest BCUT2D eigenvalue weighted by Crippen LogP contribution is 2.31. The molecule has 0 fully saturated rings. The minimum atomic E-state index is -4.18. The number of amides is 2. The van der Waals surface area contributed by atoms with Crippen molar-refractivity contribution in [2.75, 3.05) is 17.4 Å². The van der Waals surface area contributed by atoms with Crippen molar-refractivity contribution in [3.63, 3.8) is 0 Å². The van der Waals surface area contributed by atoms with Crippen molar-refractivity contribution in [1.29, 1.82) is 0 Å². The molecule has 3 rings (SSSR count). The van der Waals surface area contributed by atoms with Gasteiger partial charge in [0.15, 0.2) is 0 Å². The lowest BCUT2D eigenvalue weighted by Crippen LogP contribution is -2.51. The van der Waals surface area contributed by atoms with Gasteiger partial charge < -0.3 is 10.2 Å². The monoisotopic (exact) mass is 589 g/mol. The average molecular weight is 591 g/mol. The second kappa shape index (κ2) is 13.8. The first kappa shape index (κ1) is 30.5. The number of unbranched alkanes of at least 4 members (excludes halogenated alkanes) is 1. The molecule has 39 heavy (non-hydrogen) atoms. The van der Waals surface area contributed by atoms with E-state index in [1.54, 1.807) is 67.6 Å². The van der Waals surface area contributed by atoms with Crippen LogP contribution in [0.5, 0.6) is 0 Å². The molecule has 0 aliphatic rings. The van der Waals surface area contributed by atoms with Crippen LogP contribution in [-0.4, -0.2) is 44.3 Å². The lowest BCUT2D eigenvalue weighted by molar-refractivity contribution is -0.139. The Hall–Kier alpha value is -3.07. The van der Waals surface area contributed by atoms with Crippen LogP contribution in [0.15, 0.2) is 77.7 Å². The minimum absolute atomic E-state index is 0.0235. The Morgan fingerprint density at radius 1 is 0.949 bits per heavy atom. The van der Waals surface area contributed by atoms with Crippen LogP contribution in [0, 0.1) is 6.92 Å². The first-order valence-electron chi connectivity index (χ1n) is 12.7. The van der Waals surface area contributed by atoms with E-state index in [1.807, 2.05) is 13.8 Å². The van der Waals surface area contributed by atoms with E-state index in [4.69, 9.17) is 23.2 Å². The molecule has 0 aliphatic heterocycles. The summed E-state index contributed by atoms with van der Waals surface area (Å²) < 4.78 is 28.7. The second-order valence-corrected chi connectivity index (χ2v) is 12.0. The van der Waals surface area contributed by atoms with Gasteiger partial charge in [0.1, 0.15) is 12.6 Å². The second-order valence-electron chi connectivity index (χ2n) is 9.24. The lowest BCUT2D eigenvalue weighted by Gasteiger charge is -2.32. The Balaban J connectivity index is 2.00. The topological polar surface area (TPSA) is 86.8 Å². The Bertz CT molecular complexity index is 1380. The van der Waals surface area contributed by atoms with Crippen molar-refractivity contribution < 1.29 is 18.0 Å². The number of halogens is 2. The van der Waals surface area contributed by atoms with Gasteiger partial charge in [0.05, 0.1) is 15.6 Å². The summed E-state index contributed by atoms with van der Waals surface area (Å²) in [6.07, 6.45) is 1.71. The molecule has 0 spiro atoms. The third-order valence-corrected chi connectivity index (χ3v) is 8.62. The molecule has 0 saturated heterocycles. The van der Waals surface area contributed by atoms with Crippen LogP contribution >= 0.6 is 23.2 Å². The maximum absolute atomic E-state index is 13.9. The molecule has 0 radical (unpaired) electrons. The molecule has 1 N–H and O–H groups in total. The smallest absolute Gasteiger partial charge is 0.264 e. The third-order valence-electron chi connectivity index (χ3n) is 6.27. The Morgan fingerprint density at radius 3 is 2.21 bits per heavy atom. The van der Waals surface area contributed by atoms with Crippen molar-refractivity contribution in [2.24, 2.45) is 0 Å². The molecule has 1 atom stereocenters. The number of sulfonamides is 1. The number of nitrogens with one attached hydrogen (secondary N) is 1. The van der Waals surface area contributed by atoms with Crippen LogP contribution in [0.1, 0.15) is 37.8 Å². The number of benzene rings is 3. The van der Waals surface area contributed by atoms with Gasteiger partial charge in [-0.1, -0.05) is 78.5 Å². The zero-order valence-electron chi connectivity index (χ0n) is 22.2. The van der Waals surface area contributed by atoms with E-state index in [-0.39, 0.29) is 28.1 Å². The summed E-state index contributed by atoms with van der Waals surface area (Å²) in [4.78, 5) is 28.3. The van der Waals surface area contributed by atoms with Crippen LogP contribution in [-0.2, 0) is 26.2 Å². The number of carbonyl (C=O) groups excluding carboxylic acids is 2. The van der Waals surface area contributed by atoms with Crippen LogP contribution in [0.4, 0.5) is 5.69 Å². The van der Waals surface area contributed by atoms with Gasteiger partial charge in [-0.15, -0.1) is 0 Å². The number of anilines is 1. The van der Waals surface area contributed by atoms with Crippen molar-refractivity contribution in [3.8, 4) is 0 Å². The Labute approximate surface area is 240 Å². The van der Waals surface area contributed by atoms with Crippen LogP contribution in [0.3, 0.4) is 0 Å². The summed E-state index contributed by atoms with van der Waals surface area (Å²) in [5, 5.41) is 3.58. The molecule has 0 bridgehead atoms. The molecule has 0 aromatic heterocycles. The number of rotatable bonds is 12. The van der Waals surface area contributed by atoms with Gasteiger partial charge in [-0.05, 0) is 62.2 Å². The highest BCUT2D eigenvalue weighted by molar-refractivity contribution is 7.92. The molecule has 1 unspecified atom stereocenters. The van der Waals surface area contributed by atoms with E-state index in [2.05, 4.69) is 5.32 Å². The molecular formula is C29H33Cl2N3O4S. The molecule has 2 amide bonds. The predicted molar refractivity (Wildman–Crippen MR) is 157 cm³/mol. The van der Waals surface area contributed by atoms with Crippen LogP contribution in [0.2, 0.25) is 10.0 Å². The van der Waals surface area contributed by atoms with Gasteiger partial charge in [-0.2, -0.15) is 0 Å². The summed E-state index contributed by atoms with van der Waals surface area (Å²) in [7, 11) is -4.18. The van der Waals surface area contributed by atoms with Gasteiger partial charge >= 0.3 is 0 Å². The largest absolute Gasteiger partial charge is 0.354 e. The maximum atomic E-state index is 13.9. The highest BCUT2D eigenvalue weighted by atomic mass is 35.5. The number of hydrogen-bond acceptors (Lipinski definition) is 4. The van der Waals surface area contributed by atoms with Crippen molar-refractivity contribution >= 4 is 50.7 Å². The van der Waals surface area contributed by atoms with E-state index in [9.17, 15) is 18.0 Å². The summed E-state index contributed by atoms with van der Waals surface area (Å²) in [6.45, 7) is 5.51. The highest BCUT2D eigenvalue weighted by Gasteiger charge is 2.33. The lowest BCUT2D eigenvalue weighted by atomic mass is 10.1. The number of nitrogens with zero attached hydrogens (tertiary/aromatic N) is 2. The molecule has 3 aromatic rings. The molecule has 7 nitrogen and oxygen atoms in total. The molecule has 3 aromatic carbocycles. The number of hydrogen-bond donors (Lipinski definition) is 1. The van der Waals surface area contributed by atoms with Gasteiger partial charge in [0.25, 0.3) is 10.0 Å². The number of para-hydroxylation sites is 1. The average Bonchev–Trinajstić information content (AvgIpc) is 2.91. The standard InChI is InChI=1S/C29H33Cl2N3O4S/c1-4-5-18-32-29(36)22(3)33(19-23-12-14-24(30)15-13-23)28(35)20-34(27-9-7-6-8-26(27)31)39(37,38)25-16-10-21(2)11-17-25/h6-17,22H,4-5,18-20H2,1-3H3,(H,32,36). The predicted octanol–water partition coefficient (Wildman–Crippen LogP) is 5.83. The molecule has 0 heterocycles. The van der Waals surface area contributed by atoms with Gasteiger partial charge in [-0.25, -0.2) is 8.42 Å². The quantitative estimate of drug-likeness (QED) is 0.269. The summed E-state index contributed by atoms with van der Waals surface area (Å²) in [5.74, 6) is -0.879. The zero-order valence-corrected chi connectivity index (χ0v) is 24.6. The molecule has 10 heteroatoms. The van der Waals surface area contributed by atoms with Crippen molar-refractivity contribution in [2.45, 2.75) is 51.1 Å². The molecule has 208 valence electrons. The maximum Gasteiger partial charge on any atom is 0.264 e. The SMILES string of the molecule is CCCCNC(=O)C(C)N(Cc1ccc(Cl)cc1)C(=O)CN(c1ccccc1Cl)S(=O)(=O)c1ccc(C)cc1. The fourth-order valence-corrected chi connectivity index (χ4v) is 5.76. The summed E-state index contributed by atoms with van der Waals surface area (Å²) >= 11 is 12.5. The minimum Gasteiger partial charge on any atom is -0.354 e. The van der Waals surface area contributed by atoms with Crippen molar-refractivity contribution in [3.05, 3.63) is 94.0 Å². The normalized spacial score (nSPS) is 12.0. The number of carbonyl (C=O) groups is 2. The van der Waals surface area contributed by atoms with E-state index in [0.717, 1.165) is 28.3 Å². The van der Waals surface area contributed by atoms with Gasteiger partial charge in [0.2, 0.25) is 11.8 Å². The summed E-state index contributed by atoms with van der Waals surface area (Å²) in [6, 6.07) is 18.9. The molecule has 0 saturated carbocycles. The van der Waals surface area contributed by atoms with Gasteiger partial charge in [-0.3, -0.25) is 13.9 Å².